The number of benzene rings is 2. The number of hydrogen-bond acceptors (Lipinski definition) is 4. The van der Waals surface area contributed by atoms with E-state index in [1.54, 1.807) is 20.1 Å². The molecule has 0 saturated carbocycles. The van der Waals surface area contributed by atoms with Gasteiger partial charge in [0.25, 0.3) is 0 Å². The zero-order chi connectivity index (χ0) is 20.6. The van der Waals surface area contributed by atoms with Gasteiger partial charge in [-0.25, -0.2) is 4.39 Å². The fourth-order valence-corrected chi connectivity index (χ4v) is 3.73. The summed E-state index contributed by atoms with van der Waals surface area (Å²) in [5.74, 6) is 1.56. The molecule has 3 rings (SSSR count). The van der Waals surface area contributed by atoms with Crippen LogP contribution >= 0.6 is 0 Å². The van der Waals surface area contributed by atoms with Crippen LogP contribution < -0.4 is 14.8 Å². The number of nitrogens with zero attached hydrogens (tertiary/aromatic N) is 1. The van der Waals surface area contributed by atoms with E-state index in [0.29, 0.717) is 17.4 Å². The highest BCUT2D eigenvalue weighted by molar-refractivity contribution is 5.72. The van der Waals surface area contributed by atoms with Crippen LogP contribution in [0.1, 0.15) is 30.9 Å². The van der Waals surface area contributed by atoms with E-state index in [0.717, 1.165) is 50.1 Å². The zero-order valence-corrected chi connectivity index (χ0v) is 17.1. The molecule has 1 unspecified atom stereocenters. The summed E-state index contributed by atoms with van der Waals surface area (Å²) in [4.78, 5) is 13.6. The van der Waals surface area contributed by atoms with Gasteiger partial charge in [-0.15, -0.1) is 0 Å². The van der Waals surface area contributed by atoms with Gasteiger partial charge in [0.1, 0.15) is 12.4 Å². The Morgan fingerprint density at radius 3 is 2.83 bits per heavy atom. The topological polar surface area (TPSA) is 50.8 Å². The van der Waals surface area contributed by atoms with Gasteiger partial charge >= 0.3 is 0 Å². The molecule has 1 N–H and O–H groups in total. The van der Waals surface area contributed by atoms with Crippen LogP contribution in [0.25, 0.3) is 0 Å². The Morgan fingerprint density at radius 2 is 2.07 bits per heavy atom. The van der Waals surface area contributed by atoms with E-state index in [4.69, 9.17) is 9.47 Å². The fraction of sp³-hybridized carbons (Fsp3) is 0.435. The summed E-state index contributed by atoms with van der Waals surface area (Å²) < 4.78 is 24.7. The van der Waals surface area contributed by atoms with Crippen molar-refractivity contribution in [2.75, 3.05) is 26.7 Å². The number of piperidine rings is 1. The predicted octanol–water partition coefficient (Wildman–Crippen LogP) is 3.76. The Kier molecular flexibility index (Phi) is 7.47. The van der Waals surface area contributed by atoms with Crippen molar-refractivity contribution in [3.05, 3.63) is 59.4 Å². The molecule has 1 atom stereocenters. The summed E-state index contributed by atoms with van der Waals surface area (Å²) in [6, 6.07) is 12.3. The van der Waals surface area contributed by atoms with E-state index in [9.17, 15) is 9.18 Å². The molecule has 2 aromatic rings. The molecule has 156 valence electrons. The van der Waals surface area contributed by atoms with Crippen LogP contribution in [0.15, 0.2) is 42.5 Å². The van der Waals surface area contributed by atoms with Crippen molar-refractivity contribution in [1.29, 1.82) is 0 Å². The molecular weight excluding hydrogens is 371 g/mol. The molecule has 29 heavy (non-hydrogen) atoms. The summed E-state index contributed by atoms with van der Waals surface area (Å²) in [5.41, 5.74) is 1.93. The van der Waals surface area contributed by atoms with Crippen molar-refractivity contribution in [2.45, 2.75) is 32.9 Å². The number of likely N-dealkylation sites (tertiary alicyclic amines) is 1. The van der Waals surface area contributed by atoms with Gasteiger partial charge in [0.2, 0.25) is 5.91 Å². The third-order valence-corrected chi connectivity index (χ3v) is 5.16. The lowest BCUT2D eigenvalue weighted by molar-refractivity contribution is -0.119. The minimum atomic E-state index is -0.272. The lowest BCUT2D eigenvalue weighted by Gasteiger charge is -2.32. The fourth-order valence-electron chi connectivity index (χ4n) is 3.73. The van der Waals surface area contributed by atoms with Crippen molar-refractivity contribution < 1.29 is 18.7 Å². The van der Waals surface area contributed by atoms with E-state index >= 15 is 0 Å². The predicted molar refractivity (Wildman–Crippen MR) is 110 cm³/mol. The summed E-state index contributed by atoms with van der Waals surface area (Å²) in [7, 11) is 1.62. The van der Waals surface area contributed by atoms with E-state index in [1.165, 1.54) is 12.1 Å². The highest BCUT2D eigenvalue weighted by Gasteiger charge is 2.20. The minimum absolute atomic E-state index is 0.0284. The number of ether oxygens (including phenoxy) is 2. The molecule has 0 bridgehead atoms. The standard InChI is InChI=1S/C23H29FN2O3/c1-17(27)25-13-20-6-4-10-26(15-20)14-18-8-9-22(23(12-18)28-2)29-16-19-5-3-7-21(24)11-19/h3,5,7-9,11-12,20H,4,6,10,13-16H2,1-2H3,(H,25,27). The molecule has 0 aromatic heterocycles. The maximum Gasteiger partial charge on any atom is 0.216 e. The summed E-state index contributed by atoms with van der Waals surface area (Å²) in [6.45, 7) is 5.44. The van der Waals surface area contributed by atoms with Crippen LogP contribution in [0, 0.1) is 11.7 Å². The Hall–Kier alpha value is -2.60. The summed E-state index contributed by atoms with van der Waals surface area (Å²) >= 11 is 0. The van der Waals surface area contributed by atoms with E-state index in [1.807, 2.05) is 24.3 Å². The van der Waals surface area contributed by atoms with Crippen LogP contribution in [-0.4, -0.2) is 37.6 Å². The number of carbonyl (C=O) groups excluding carboxylic acids is 1. The van der Waals surface area contributed by atoms with Crippen molar-refractivity contribution in [3.8, 4) is 11.5 Å². The van der Waals surface area contributed by atoms with Crippen molar-refractivity contribution in [3.63, 3.8) is 0 Å². The lowest BCUT2D eigenvalue weighted by atomic mass is 9.97. The molecule has 1 amide bonds. The smallest absolute Gasteiger partial charge is 0.216 e. The molecule has 1 heterocycles. The van der Waals surface area contributed by atoms with E-state index in [-0.39, 0.29) is 18.3 Å². The first-order valence-electron chi connectivity index (χ1n) is 10.0. The first-order valence-corrected chi connectivity index (χ1v) is 10.0. The first kappa shape index (κ1) is 21.1. The van der Waals surface area contributed by atoms with Gasteiger partial charge in [-0.05, 0) is 60.7 Å². The minimum Gasteiger partial charge on any atom is -0.493 e. The molecule has 2 aromatic carbocycles. The van der Waals surface area contributed by atoms with Crippen molar-refractivity contribution in [1.82, 2.24) is 10.2 Å². The largest absolute Gasteiger partial charge is 0.493 e. The van der Waals surface area contributed by atoms with Crippen molar-refractivity contribution >= 4 is 5.91 Å². The third-order valence-electron chi connectivity index (χ3n) is 5.16. The normalized spacial score (nSPS) is 17.0. The van der Waals surface area contributed by atoms with Gasteiger partial charge in [0.15, 0.2) is 11.5 Å². The van der Waals surface area contributed by atoms with Gasteiger partial charge in [0.05, 0.1) is 7.11 Å². The molecule has 0 radical (unpaired) electrons. The number of halogens is 1. The Bertz CT molecular complexity index is 828. The molecule has 5 nitrogen and oxygen atoms in total. The maximum absolute atomic E-state index is 13.3. The summed E-state index contributed by atoms with van der Waals surface area (Å²) in [5, 5.41) is 2.93. The Balaban J connectivity index is 1.58. The monoisotopic (exact) mass is 400 g/mol. The van der Waals surface area contributed by atoms with Gasteiger partial charge in [-0.3, -0.25) is 9.69 Å². The number of rotatable bonds is 8. The zero-order valence-electron chi connectivity index (χ0n) is 17.1. The average Bonchev–Trinajstić information content (AvgIpc) is 2.71. The maximum atomic E-state index is 13.3. The number of hydrogen-bond donors (Lipinski definition) is 1. The van der Waals surface area contributed by atoms with Gasteiger partial charge in [-0.1, -0.05) is 18.2 Å². The second-order valence-corrected chi connectivity index (χ2v) is 7.58. The molecule has 1 fully saturated rings. The third kappa shape index (κ3) is 6.46. The number of methoxy groups -OCH3 is 1. The second-order valence-electron chi connectivity index (χ2n) is 7.58. The number of nitrogens with one attached hydrogen (secondary N) is 1. The quantitative estimate of drug-likeness (QED) is 0.733. The van der Waals surface area contributed by atoms with Crippen molar-refractivity contribution in [2.24, 2.45) is 5.92 Å². The van der Waals surface area contributed by atoms with Crippen LogP contribution in [0.2, 0.25) is 0 Å². The first-order chi connectivity index (χ1) is 14.0. The van der Waals surface area contributed by atoms with Gasteiger partial charge in [0, 0.05) is 26.6 Å². The number of carbonyl (C=O) groups is 1. The second kappa shape index (κ2) is 10.3. The van der Waals surface area contributed by atoms with Crippen LogP contribution in [0.3, 0.4) is 0 Å². The number of amides is 1. The molecular formula is C23H29FN2O3. The molecule has 6 heteroatoms. The molecule has 1 saturated heterocycles. The van der Waals surface area contributed by atoms with Crippen LogP contribution in [0.4, 0.5) is 4.39 Å². The Morgan fingerprint density at radius 1 is 1.21 bits per heavy atom. The molecule has 0 aliphatic carbocycles. The summed E-state index contributed by atoms with van der Waals surface area (Å²) in [6.07, 6.45) is 2.28. The van der Waals surface area contributed by atoms with E-state index in [2.05, 4.69) is 10.2 Å². The SMILES string of the molecule is COc1cc(CN2CCCC(CNC(C)=O)C2)ccc1OCc1cccc(F)c1. The van der Waals surface area contributed by atoms with Crippen LogP contribution in [0.5, 0.6) is 11.5 Å². The lowest BCUT2D eigenvalue weighted by Crippen LogP contribution is -2.40. The van der Waals surface area contributed by atoms with Gasteiger partial charge in [-0.2, -0.15) is 0 Å². The van der Waals surface area contributed by atoms with E-state index < -0.39 is 0 Å². The Labute approximate surface area is 171 Å². The molecule has 0 spiro atoms. The highest BCUT2D eigenvalue weighted by atomic mass is 19.1. The van der Waals surface area contributed by atoms with Crippen LogP contribution in [-0.2, 0) is 17.9 Å². The molecule has 1 aliphatic rings. The molecule has 1 aliphatic heterocycles. The highest BCUT2D eigenvalue weighted by Crippen LogP contribution is 2.30. The van der Waals surface area contributed by atoms with Gasteiger partial charge < -0.3 is 14.8 Å². The average molecular weight is 400 g/mol.